The molecule has 2 fully saturated rings. The van der Waals surface area contributed by atoms with Gasteiger partial charge in [0.05, 0.1) is 18.1 Å². The van der Waals surface area contributed by atoms with Crippen molar-refractivity contribution in [1.82, 2.24) is 35.0 Å². The number of alkyl halides is 3. The maximum absolute atomic E-state index is 12.9. The van der Waals surface area contributed by atoms with Gasteiger partial charge in [0, 0.05) is 36.2 Å². The van der Waals surface area contributed by atoms with Crippen molar-refractivity contribution in [3.05, 3.63) is 42.9 Å². The first-order valence-electron chi connectivity index (χ1n) is 11.7. The predicted molar refractivity (Wildman–Crippen MR) is 124 cm³/mol. The van der Waals surface area contributed by atoms with Crippen LogP contribution in [0.5, 0.6) is 5.88 Å². The van der Waals surface area contributed by atoms with Crippen molar-refractivity contribution in [3.8, 4) is 28.5 Å². The maximum atomic E-state index is 12.9. The third kappa shape index (κ3) is 4.28. The first-order valence-corrected chi connectivity index (χ1v) is 11.7. The van der Waals surface area contributed by atoms with Gasteiger partial charge in [0.2, 0.25) is 5.88 Å². The molecule has 0 amide bonds. The molecule has 192 valence electrons. The molecule has 37 heavy (non-hydrogen) atoms. The summed E-state index contributed by atoms with van der Waals surface area (Å²) in [5, 5.41) is 12.1. The number of carbonyl (C=O) groups excluding carboxylic acids is 1. The normalized spacial score (nSPS) is 18.8. The van der Waals surface area contributed by atoms with Gasteiger partial charge >= 0.3 is 12.1 Å². The minimum Gasteiger partial charge on any atom is -0.471 e. The number of ether oxygens (including phenoxy) is 1. The van der Waals surface area contributed by atoms with Gasteiger partial charge in [-0.2, -0.15) is 18.3 Å². The molecule has 1 saturated carbocycles. The van der Waals surface area contributed by atoms with Crippen molar-refractivity contribution < 1.29 is 27.5 Å². The zero-order valence-corrected chi connectivity index (χ0v) is 19.7. The van der Waals surface area contributed by atoms with E-state index in [1.54, 1.807) is 36.1 Å². The van der Waals surface area contributed by atoms with Crippen LogP contribution in [0.1, 0.15) is 19.3 Å². The number of aromatic nitrogens is 6. The fraction of sp³-hybridized carbons (Fsp3) is 0.375. The molecule has 0 unspecified atom stereocenters. The molecule has 0 bridgehead atoms. The van der Waals surface area contributed by atoms with Crippen molar-refractivity contribution >= 4 is 16.9 Å². The average molecular weight is 513 g/mol. The highest BCUT2D eigenvalue weighted by Gasteiger charge is 2.52. The van der Waals surface area contributed by atoms with Crippen LogP contribution in [0.3, 0.4) is 0 Å². The Morgan fingerprint density at radius 2 is 2.03 bits per heavy atom. The monoisotopic (exact) mass is 513 g/mol. The summed E-state index contributed by atoms with van der Waals surface area (Å²) in [6.45, 7) is 1.65. The van der Waals surface area contributed by atoms with E-state index in [0.717, 1.165) is 37.1 Å². The highest BCUT2D eigenvalue weighted by Crippen LogP contribution is 2.53. The molecule has 6 rings (SSSR count). The standard InChI is InChI=1S/C24H22F3N7O3/c1-33-17(4-8-30-33)14-2-3-18-15(10-14)21(32-34(18)37-22(35)24(25,26)27)16-11-29-13-20(31-16)36-19-12-28-9-7-23(19)5-6-23/h2-4,8,10-11,13,19,28H,5-7,9,12H2,1H3/t19-/m0/s1. The van der Waals surface area contributed by atoms with E-state index in [0.29, 0.717) is 16.8 Å². The van der Waals surface area contributed by atoms with Crippen LogP contribution in [0, 0.1) is 5.41 Å². The van der Waals surface area contributed by atoms with Crippen LogP contribution < -0.4 is 14.9 Å². The Bertz CT molecular complexity index is 1490. The summed E-state index contributed by atoms with van der Waals surface area (Å²) < 4.78 is 46.7. The first-order chi connectivity index (χ1) is 17.7. The van der Waals surface area contributed by atoms with Gasteiger partial charge in [-0.15, -0.1) is 5.10 Å². The molecular weight excluding hydrogens is 491 g/mol. The largest absolute Gasteiger partial charge is 0.493 e. The molecule has 10 nitrogen and oxygen atoms in total. The molecular formula is C24H22F3N7O3. The summed E-state index contributed by atoms with van der Waals surface area (Å²) in [7, 11) is 1.77. The lowest BCUT2D eigenvalue weighted by atomic mass is 9.92. The molecule has 1 aliphatic heterocycles. The zero-order valence-electron chi connectivity index (χ0n) is 19.7. The summed E-state index contributed by atoms with van der Waals surface area (Å²) in [5.74, 6) is -2.10. The highest BCUT2D eigenvalue weighted by atomic mass is 19.4. The lowest BCUT2D eigenvalue weighted by Crippen LogP contribution is -2.45. The van der Waals surface area contributed by atoms with Crippen LogP contribution in [-0.2, 0) is 11.8 Å². The molecule has 4 aromatic rings. The second-order valence-electron chi connectivity index (χ2n) is 9.34. The second-order valence-corrected chi connectivity index (χ2v) is 9.34. The number of fused-ring (bicyclic) bond motifs is 1. The van der Waals surface area contributed by atoms with E-state index in [4.69, 9.17) is 4.74 Å². The van der Waals surface area contributed by atoms with E-state index < -0.39 is 12.1 Å². The Morgan fingerprint density at radius 1 is 1.19 bits per heavy atom. The molecule has 0 radical (unpaired) electrons. The SMILES string of the molecule is Cn1nccc1-c1ccc2c(c1)c(-c1cncc(O[C@H]3CNCCC34CC4)n1)nn2OC(=O)C(F)(F)F. The summed E-state index contributed by atoms with van der Waals surface area (Å²) in [4.78, 5) is 25.5. The summed E-state index contributed by atoms with van der Waals surface area (Å²) in [6, 6.07) is 6.73. The number of halogens is 3. The average Bonchev–Trinajstić information content (AvgIpc) is 3.35. The van der Waals surface area contributed by atoms with E-state index in [1.807, 2.05) is 0 Å². The maximum Gasteiger partial charge on any atom is 0.493 e. The highest BCUT2D eigenvalue weighted by molar-refractivity contribution is 5.95. The number of hydrogen-bond acceptors (Lipinski definition) is 8. The number of nitrogens with zero attached hydrogens (tertiary/aromatic N) is 6. The topological polar surface area (TPSA) is 109 Å². The summed E-state index contributed by atoms with van der Waals surface area (Å²) in [5.41, 5.74) is 2.27. The molecule has 1 aliphatic carbocycles. The van der Waals surface area contributed by atoms with E-state index in [2.05, 4.69) is 30.3 Å². The summed E-state index contributed by atoms with van der Waals surface area (Å²) in [6.07, 6.45) is 2.56. The Kier molecular flexibility index (Phi) is 5.40. The van der Waals surface area contributed by atoms with Crippen molar-refractivity contribution in [2.45, 2.75) is 31.5 Å². The Morgan fingerprint density at radius 3 is 2.76 bits per heavy atom. The van der Waals surface area contributed by atoms with Gasteiger partial charge in [-0.05, 0) is 44.0 Å². The number of hydrogen-bond donors (Lipinski definition) is 1. The van der Waals surface area contributed by atoms with Crippen molar-refractivity contribution in [2.75, 3.05) is 13.1 Å². The first kappa shape index (κ1) is 23.4. The van der Waals surface area contributed by atoms with Gasteiger partial charge in [-0.25, -0.2) is 9.78 Å². The fourth-order valence-corrected chi connectivity index (χ4v) is 4.81. The van der Waals surface area contributed by atoms with Gasteiger partial charge < -0.3 is 14.9 Å². The Labute approximate surface area is 208 Å². The van der Waals surface area contributed by atoms with Gasteiger partial charge in [-0.1, -0.05) is 10.9 Å². The van der Waals surface area contributed by atoms with Crippen LogP contribution in [0.2, 0.25) is 0 Å². The van der Waals surface area contributed by atoms with Crippen LogP contribution >= 0.6 is 0 Å². The van der Waals surface area contributed by atoms with Crippen molar-refractivity contribution in [2.24, 2.45) is 12.5 Å². The second kappa shape index (κ2) is 8.54. The van der Waals surface area contributed by atoms with Gasteiger partial charge in [0.1, 0.15) is 23.0 Å². The number of benzene rings is 1. The van der Waals surface area contributed by atoms with Gasteiger partial charge in [0.15, 0.2) is 0 Å². The third-order valence-electron chi connectivity index (χ3n) is 6.99. The minimum atomic E-state index is -5.19. The number of piperidine rings is 1. The molecule has 3 aromatic heterocycles. The van der Waals surface area contributed by atoms with E-state index in [9.17, 15) is 18.0 Å². The van der Waals surface area contributed by atoms with Crippen molar-refractivity contribution in [1.29, 1.82) is 0 Å². The number of nitrogens with one attached hydrogen (secondary N) is 1. The molecule has 2 aliphatic rings. The lowest BCUT2D eigenvalue weighted by molar-refractivity contribution is -0.200. The summed E-state index contributed by atoms with van der Waals surface area (Å²) >= 11 is 0. The number of rotatable bonds is 5. The molecule has 1 atom stereocenters. The van der Waals surface area contributed by atoms with Crippen LogP contribution in [-0.4, -0.2) is 61.0 Å². The molecule has 4 heterocycles. The molecule has 1 aromatic carbocycles. The smallest absolute Gasteiger partial charge is 0.471 e. The van der Waals surface area contributed by atoms with Gasteiger partial charge in [-0.3, -0.25) is 9.67 Å². The lowest BCUT2D eigenvalue weighted by Gasteiger charge is -2.32. The van der Waals surface area contributed by atoms with E-state index in [1.165, 1.54) is 18.5 Å². The Balaban J connectivity index is 1.41. The van der Waals surface area contributed by atoms with Crippen LogP contribution in [0.4, 0.5) is 13.2 Å². The van der Waals surface area contributed by atoms with Crippen LogP contribution in [0.15, 0.2) is 42.9 Å². The van der Waals surface area contributed by atoms with E-state index >= 15 is 0 Å². The fourth-order valence-electron chi connectivity index (χ4n) is 4.81. The predicted octanol–water partition coefficient (Wildman–Crippen LogP) is 2.93. The molecule has 1 saturated heterocycles. The van der Waals surface area contributed by atoms with Gasteiger partial charge in [0.25, 0.3) is 0 Å². The molecule has 1 N–H and O–H groups in total. The number of aryl methyl sites for hydroxylation is 1. The zero-order chi connectivity index (χ0) is 25.8. The van der Waals surface area contributed by atoms with Crippen molar-refractivity contribution in [3.63, 3.8) is 0 Å². The number of carbonyl (C=O) groups is 1. The molecule has 13 heteroatoms. The third-order valence-corrected chi connectivity index (χ3v) is 6.99. The van der Waals surface area contributed by atoms with E-state index in [-0.39, 0.29) is 34.3 Å². The Hall–Kier alpha value is -4.00. The minimum absolute atomic E-state index is 0.0516. The van der Waals surface area contributed by atoms with Crippen LogP contribution in [0.25, 0.3) is 33.5 Å². The molecule has 1 spiro atoms. The quantitative estimate of drug-likeness (QED) is 0.434.